The number of rotatable bonds is 4. The molecule has 0 radical (unpaired) electrons. The lowest BCUT2D eigenvalue weighted by Crippen LogP contribution is -2.17. The molecule has 0 aliphatic carbocycles. The summed E-state index contributed by atoms with van der Waals surface area (Å²) in [5, 5.41) is 0. The van der Waals surface area contributed by atoms with Crippen molar-refractivity contribution in [1.29, 1.82) is 0 Å². The summed E-state index contributed by atoms with van der Waals surface area (Å²) in [7, 11) is 0. The highest BCUT2D eigenvalue weighted by Crippen LogP contribution is 2.16. The van der Waals surface area contributed by atoms with E-state index in [2.05, 4.69) is 4.74 Å². The molecule has 11 heavy (non-hydrogen) atoms. The van der Waals surface area contributed by atoms with Crippen LogP contribution in [0.25, 0.3) is 0 Å². The summed E-state index contributed by atoms with van der Waals surface area (Å²) >= 11 is 0. The predicted molar refractivity (Wildman–Crippen MR) is 31.2 cm³/mol. The van der Waals surface area contributed by atoms with Crippen molar-refractivity contribution in [2.24, 2.45) is 0 Å². The second-order valence-electron chi connectivity index (χ2n) is 2.41. The van der Waals surface area contributed by atoms with E-state index >= 15 is 0 Å². The Hall–Kier alpha value is -0.290. The Balaban J connectivity index is 1.87. The summed E-state index contributed by atoms with van der Waals surface area (Å²) in [6.07, 6.45) is -3.50. The van der Waals surface area contributed by atoms with Crippen LogP contribution in [-0.4, -0.2) is 32.1 Å². The van der Waals surface area contributed by atoms with Gasteiger partial charge in [-0.05, 0) is 6.42 Å². The monoisotopic (exact) mass is 170 g/mol. The second-order valence-corrected chi connectivity index (χ2v) is 2.41. The Kier molecular flexibility index (Phi) is 2.72. The maximum atomic E-state index is 11.4. The van der Waals surface area contributed by atoms with Crippen LogP contribution in [0, 0.1) is 0 Å². The molecule has 1 aliphatic rings. The number of alkyl halides is 3. The number of hydrogen-bond acceptors (Lipinski definition) is 2. The van der Waals surface area contributed by atoms with Crippen LogP contribution >= 0.6 is 0 Å². The average Bonchev–Trinajstić information content (AvgIpc) is 2.60. The van der Waals surface area contributed by atoms with Gasteiger partial charge in [0.25, 0.3) is 0 Å². The molecule has 0 bridgehead atoms. The summed E-state index contributed by atoms with van der Waals surface area (Å²) in [5.74, 6) is 0. The van der Waals surface area contributed by atoms with Gasteiger partial charge in [0.05, 0.1) is 12.7 Å². The molecule has 0 N–H and O–H groups in total. The van der Waals surface area contributed by atoms with Gasteiger partial charge >= 0.3 is 6.18 Å². The van der Waals surface area contributed by atoms with E-state index in [0.717, 1.165) is 0 Å². The van der Waals surface area contributed by atoms with Gasteiger partial charge in [0, 0.05) is 6.61 Å². The number of ether oxygens (including phenoxy) is 2. The highest BCUT2D eigenvalue weighted by molar-refractivity contribution is 4.67. The first kappa shape index (κ1) is 8.80. The highest BCUT2D eigenvalue weighted by Gasteiger charge is 2.28. The van der Waals surface area contributed by atoms with Crippen LogP contribution in [0.2, 0.25) is 0 Å². The molecule has 0 amide bonds. The first-order valence-electron chi connectivity index (χ1n) is 3.34. The van der Waals surface area contributed by atoms with Crippen molar-refractivity contribution in [3.8, 4) is 0 Å². The van der Waals surface area contributed by atoms with Crippen molar-refractivity contribution in [3.63, 3.8) is 0 Å². The quantitative estimate of drug-likeness (QED) is 0.469. The van der Waals surface area contributed by atoms with E-state index in [1.807, 2.05) is 0 Å². The largest absolute Gasteiger partial charge is 0.411 e. The standard InChI is InChI=1S/C6H9F3O2/c7-6(8,9)4-10-2-1-5-3-11-5/h5H,1-4H2. The van der Waals surface area contributed by atoms with Gasteiger partial charge in [-0.25, -0.2) is 0 Å². The zero-order valence-corrected chi connectivity index (χ0v) is 5.86. The first-order valence-corrected chi connectivity index (χ1v) is 3.34. The molecule has 1 atom stereocenters. The fourth-order valence-electron chi connectivity index (χ4n) is 0.637. The van der Waals surface area contributed by atoms with Gasteiger partial charge < -0.3 is 9.47 Å². The van der Waals surface area contributed by atoms with E-state index in [1.165, 1.54) is 0 Å². The molecule has 2 nitrogen and oxygen atoms in total. The SMILES string of the molecule is FC(F)(F)COCCC1CO1. The average molecular weight is 170 g/mol. The lowest BCUT2D eigenvalue weighted by Gasteiger charge is -2.05. The minimum absolute atomic E-state index is 0.129. The molecule has 0 aromatic heterocycles. The smallest absolute Gasteiger partial charge is 0.373 e. The molecular formula is C6H9F3O2. The van der Waals surface area contributed by atoms with Crippen molar-refractivity contribution in [1.82, 2.24) is 0 Å². The van der Waals surface area contributed by atoms with Gasteiger partial charge in [0.15, 0.2) is 0 Å². The fraction of sp³-hybridized carbons (Fsp3) is 1.00. The lowest BCUT2D eigenvalue weighted by atomic mass is 10.3. The molecule has 0 aromatic rings. The van der Waals surface area contributed by atoms with Crippen molar-refractivity contribution in [2.45, 2.75) is 18.7 Å². The van der Waals surface area contributed by atoms with Gasteiger partial charge in [0.2, 0.25) is 0 Å². The molecule has 0 saturated carbocycles. The second kappa shape index (κ2) is 3.40. The highest BCUT2D eigenvalue weighted by atomic mass is 19.4. The third kappa shape index (κ3) is 5.03. The minimum Gasteiger partial charge on any atom is -0.373 e. The van der Waals surface area contributed by atoms with Gasteiger partial charge in [0.1, 0.15) is 6.61 Å². The van der Waals surface area contributed by atoms with Gasteiger partial charge in [-0.15, -0.1) is 0 Å². The summed E-state index contributed by atoms with van der Waals surface area (Å²) in [6, 6.07) is 0. The molecule has 1 unspecified atom stereocenters. The maximum Gasteiger partial charge on any atom is 0.411 e. The number of epoxide rings is 1. The number of halogens is 3. The molecule has 0 spiro atoms. The first-order chi connectivity index (χ1) is 5.08. The molecule has 0 aromatic carbocycles. The summed E-state index contributed by atoms with van der Waals surface area (Å²) in [4.78, 5) is 0. The Labute approximate surface area is 62.3 Å². The van der Waals surface area contributed by atoms with Crippen molar-refractivity contribution in [2.75, 3.05) is 19.8 Å². The summed E-state index contributed by atoms with van der Waals surface area (Å²) in [5.41, 5.74) is 0. The summed E-state index contributed by atoms with van der Waals surface area (Å²) < 4.78 is 43.4. The number of hydrogen-bond donors (Lipinski definition) is 0. The zero-order chi connectivity index (χ0) is 8.32. The van der Waals surface area contributed by atoms with Gasteiger partial charge in [-0.1, -0.05) is 0 Å². The Morgan fingerprint density at radius 2 is 2.09 bits per heavy atom. The molecule has 1 heterocycles. The van der Waals surface area contributed by atoms with Crippen LogP contribution in [0.15, 0.2) is 0 Å². The summed E-state index contributed by atoms with van der Waals surface area (Å²) in [6.45, 7) is -0.362. The van der Waals surface area contributed by atoms with E-state index in [4.69, 9.17) is 4.74 Å². The van der Waals surface area contributed by atoms with E-state index in [1.54, 1.807) is 0 Å². The molecule has 1 rings (SSSR count). The van der Waals surface area contributed by atoms with E-state index in [0.29, 0.717) is 13.0 Å². The van der Waals surface area contributed by atoms with E-state index in [9.17, 15) is 13.2 Å². The Morgan fingerprint density at radius 3 is 2.55 bits per heavy atom. The van der Waals surface area contributed by atoms with Crippen molar-refractivity contribution in [3.05, 3.63) is 0 Å². The molecule has 1 saturated heterocycles. The van der Waals surface area contributed by atoms with Crippen molar-refractivity contribution >= 4 is 0 Å². The maximum absolute atomic E-state index is 11.4. The molecular weight excluding hydrogens is 161 g/mol. The van der Waals surface area contributed by atoms with Crippen LogP contribution < -0.4 is 0 Å². The third-order valence-corrected chi connectivity index (χ3v) is 1.25. The van der Waals surface area contributed by atoms with Crippen LogP contribution in [0.3, 0.4) is 0 Å². The fourth-order valence-corrected chi connectivity index (χ4v) is 0.637. The van der Waals surface area contributed by atoms with Crippen LogP contribution in [0.4, 0.5) is 13.2 Å². The Morgan fingerprint density at radius 1 is 1.45 bits per heavy atom. The van der Waals surface area contributed by atoms with Gasteiger partial charge in [-0.2, -0.15) is 13.2 Å². The van der Waals surface area contributed by atoms with E-state index < -0.39 is 12.8 Å². The zero-order valence-electron chi connectivity index (χ0n) is 5.86. The van der Waals surface area contributed by atoms with Crippen molar-refractivity contribution < 1.29 is 22.6 Å². The van der Waals surface area contributed by atoms with Crippen LogP contribution in [-0.2, 0) is 9.47 Å². The molecule has 1 aliphatic heterocycles. The van der Waals surface area contributed by atoms with E-state index in [-0.39, 0.29) is 12.7 Å². The predicted octanol–water partition coefficient (Wildman–Crippen LogP) is 1.35. The lowest BCUT2D eigenvalue weighted by molar-refractivity contribution is -0.174. The molecule has 5 heteroatoms. The topological polar surface area (TPSA) is 21.8 Å². The molecule has 66 valence electrons. The van der Waals surface area contributed by atoms with Crippen LogP contribution in [0.5, 0.6) is 0 Å². The van der Waals surface area contributed by atoms with Gasteiger partial charge in [-0.3, -0.25) is 0 Å². The minimum atomic E-state index is -4.20. The normalized spacial score (nSPS) is 23.7. The van der Waals surface area contributed by atoms with Crippen LogP contribution in [0.1, 0.15) is 6.42 Å². The molecule has 1 fully saturated rings. The third-order valence-electron chi connectivity index (χ3n) is 1.25. The Bertz CT molecular complexity index is 119.